The zero-order chi connectivity index (χ0) is 15.2. The number of methoxy groups -OCH3 is 1. The maximum atomic E-state index is 11.9. The van der Waals surface area contributed by atoms with Crippen molar-refractivity contribution in [3.63, 3.8) is 0 Å². The average Bonchev–Trinajstić information content (AvgIpc) is 2.48. The molecule has 0 unspecified atom stereocenters. The molecule has 0 fully saturated rings. The van der Waals surface area contributed by atoms with Crippen molar-refractivity contribution < 1.29 is 9.53 Å². The number of amides is 1. The summed E-state index contributed by atoms with van der Waals surface area (Å²) in [6.45, 7) is 0. The molecule has 0 radical (unpaired) electrons. The minimum absolute atomic E-state index is 0.0857. The lowest BCUT2D eigenvalue weighted by atomic mass is 10.1. The highest BCUT2D eigenvalue weighted by molar-refractivity contribution is 6.34. The SMILES string of the molecule is COc1ccc(CCC(=O)Nc2ccc(N)cc2Cl)cc1. The summed E-state index contributed by atoms with van der Waals surface area (Å²) in [7, 11) is 1.62. The van der Waals surface area contributed by atoms with Gasteiger partial charge in [0.15, 0.2) is 0 Å². The quantitative estimate of drug-likeness (QED) is 0.831. The van der Waals surface area contributed by atoms with Crippen LogP contribution in [0.2, 0.25) is 5.02 Å². The fourth-order valence-corrected chi connectivity index (χ4v) is 2.13. The number of halogens is 1. The molecule has 0 heterocycles. The average molecular weight is 305 g/mol. The molecule has 2 rings (SSSR count). The van der Waals surface area contributed by atoms with Crippen molar-refractivity contribution in [2.75, 3.05) is 18.2 Å². The van der Waals surface area contributed by atoms with E-state index in [0.29, 0.717) is 29.2 Å². The van der Waals surface area contributed by atoms with Gasteiger partial charge in [-0.1, -0.05) is 23.7 Å². The molecule has 4 nitrogen and oxygen atoms in total. The Bertz CT molecular complexity index is 627. The zero-order valence-corrected chi connectivity index (χ0v) is 12.5. The van der Waals surface area contributed by atoms with E-state index in [1.54, 1.807) is 25.3 Å². The molecule has 0 aliphatic heterocycles. The van der Waals surface area contributed by atoms with Gasteiger partial charge in [0.25, 0.3) is 0 Å². The second kappa shape index (κ2) is 6.99. The van der Waals surface area contributed by atoms with Crippen molar-refractivity contribution in [3.05, 3.63) is 53.1 Å². The van der Waals surface area contributed by atoms with Crippen molar-refractivity contribution in [2.45, 2.75) is 12.8 Å². The topological polar surface area (TPSA) is 64.3 Å². The summed E-state index contributed by atoms with van der Waals surface area (Å²) in [4.78, 5) is 11.9. The van der Waals surface area contributed by atoms with Crippen LogP contribution in [0.15, 0.2) is 42.5 Å². The van der Waals surface area contributed by atoms with Gasteiger partial charge < -0.3 is 15.8 Å². The molecule has 0 aliphatic carbocycles. The molecular weight excluding hydrogens is 288 g/mol. The Morgan fingerprint density at radius 1 is 1.24 bits per heavy atom. The van der Waals surface area contributed by atoms with Gasteiger partial charge in [0.1, 0.15) is 5.75 Å². The van der Waals surface area contributed by atoms with E-state index in [2.05, 4.69) is 5.32 Å². The van der Waals surface area contributed by atoms with Crippen LogP contribution in [0, 0.1) is 0 Å². The van der Waals surface area contributed by atoms with E-state index in [4.69, 9.17) is 22.1 Å². The molecule has 0 atom stereocenters. The molecule has 5 heteroatoms. The highest BCUT2D eigenvalue weighted by atomic mass is 35.5. The minimum atomic E-state index is -0.0857. The second-order valence-corrected chi connectivity index (χ2v) is 5.04. The summed E-state index contributed by atoms with van der Waals surface area (Å²) < 4.78 is 5.09. The van der Waals surface area contributed by atoms with Crippen molar-refractivity contribution in [1.82, 2.24) is 0 Å². The number of carbonyl (C=O) groups is 1. The second-order valence-electron chi connectivity index (χ2n) is 4.64. The van der Waals surface area contributed by atoms with Crippen LogP contribution in [-0.4, -0.2) is 13.0 Å². The first kappa shape index (κ1) is 15.2. The highest BCUT2D eigenvalue weighted by Gasteiger charge is 2.06. The number of ether oxygens (including phenoxy) is 1. The van der Waals surface area contributed by atoms with E-state index < -0.39 is 0 Å². The molecule has 1 amide bonds. The number of rotatable bonds is 5. The minimum Gasteiger partial charge on any atom is -0.497 e. The molecule has 0 spiro atoms. The van der Waals surface area contributed by atoms with Gasteiger partial charge in [-0.15, -0.1) is 0 Å². The van der Waals surface area contributed by atoms with Gasteiger partial charge >= 0.3 is 0 Å². The fraction of sp³-hybridized carbons (Fsp3) is 0.188. The Kier molecular flexibility index (Phi) is 5.06. The lowest BCUT2D eigenvalue weighted by Crippen LogP contribution is -2.12. The Balaban J connectivity index is 1.89. The van der Waals surface area contributed by atoms with E-state index >= 15 is 0 Å². The van der Waals surface area contributed by atoms with Crippen LogP contribution in [0.4, 0.5) is 11.4 Å². The molecule has 0 aromatic heterocycles. The monoisotopic (exact) mass is 304 g/mol. The fourth-order valence-electron chi connectivity index (χ4n) is 1.90. The molecule has 21 heavy (non-hydrogen) atoms. The van der Waals surface area contributed by atoms with Crippen molar-refractivity contribution in [2.24, 2.45) is 0 Å². The number of nitrogens with two attached hydrogens (primary N) is 1. The first-order valence-corrected chi connectivity index (χ1v) is 6.94. The molecular formula is C16H17ClN2O2. The van der Waals surface area contributed by atoms with Crippen LogP contribution in [-0.2, 0) is 11.2 Å². The van der Waals surface area contributed by atoms with E-state index in [1.165, 1.54) is 0 Å². The number of anilines is 2. The lowest BCUT2D eigenvalue weighted by Gasteiger charge is -2.08. The predicted molar refractivity (Wildman–Crippen MR) is 85.8 cm³/mol. The van der Waals surface area contributed by atoms with Gasteiger partial charge in [-0.3, -0.25) is 4.79 Å². The van der Waals surface area contributed by atoms with Gasteiger partial charge in [0.05, 0.1) is 17.8 Å². The van der Waals surface area contributed by atoms with Crippen molar-refractivity contribution in [1.29, 1.82) is 0 Å². The number of carbonyl (C=O) groups excluding carboxylic acids is 1. The summed E-state index contributed by atoms with van der Waals surface area (Å²) in [5.41, 5.74) is 7.83. The molecule has 0 aliphatic rings. The van der Waals surface area contributed by atoms with E-state index in [-0.39, 0.29) is 5.91 Å². The van der Waals surface area contributed by atoms with Gasteiger partial charge in [0.2, 0.25) is 5.91 Å². The van der Waals surface area contributed by atoms with Crippen molar-refractivity contribution >= 4 is 28.9 Å². The number of aryl methyl sites for hydroxylation is 1. The largest absolute Gasteiger partial charge is 0.497 e. The highest BCUT2D eigenvalue weighted by Crippen LogP contribution is 2.24. The number of nitrogen functional groups attached to an aromatic ring is 1. The number of benzene rings is 2. The lowest BCUT2D eigenvalue weighted by molar-refractivity contribution is -0.116. The summed E-state index contributed by atoms with van der Waals surface area (Å²) in [5.74, 6) is 0.717. The van der Waals surface area contributed by atoms with E-state index in [0.717, 1.165) is 11.3 Å². The Morgan fingerprint density at radius 2 is 1.95 bits per heavy atom. The Hall–Kier alpha value is -2.20. The van der Waals surface area contributed by atoms with Crippen LogP contribution in [0.25, 0.3) is 0 Å². The van der Waals surface area contributed by atoms with Gasteiger partial charge in [0, 0.05) is 12.1 Å². The van der Waals surface area contributed by atoms with E-state index in [9.17, 15) is 4.79 Å². The van der Waals surface area contributed by atoms with Crippen LogP contribution >= 0.6 is 11.6 Å². The van der Waals surface area contributed by atoms with Crippen LogP contribution < -0.4 is 15.8 Å². The summed E-state index contributed by atoms with van der Waals surface area (Å²) >= 11 is 6.02. The third kappa shape index (κ3) is 4.39. The third-order valence-corrected chi connectivity index (χ3v) is 3.38. The van der Waals surface area contributed by atoms with Crippen LogP contribution in [0.3, 0.4) is 0 Å². The molecule has 0 saturated heterocycles. The number of hydrogen-bond donors (Lipinski definition) is 2. The van der Waals surface area contributed by atoms with Crippen LogP contribution in [0.5, 0.6) is 5.75 Å². The molecule has 2 aromatic carbocycles. The first-order valence-electron chi connectivity index (χ1n) is 6.56. The first-order chi connectivity index (χ1) is 10.1. The van der Waals surface area contributed by atoms with Gasteiger partial charge in [-0.2, -0.15) is 0 Å². The summed E-state index contributed by atoms with van der Waals surface area (Å²) in [6.07, 6.45) is 1.04. The Morgan fingerprint density at radius 3 is 2.57 bits per heavy atom. The normalized spacial score (nSPS) is 10.2. The maximum absolute atomic E-state index is 11.9. The molecule has 110 valence electrons. The third-order valence-electron chi connectivity index (χ3n) is 3.07. The van der Waals surface area contributed by atoms with Crippen molar-refractivity contribution in [3.8, 4) is 5.75 Å². The smallest absolute Gasteiger partial charge is 0.224 e. The molecule has 0 bridgehead atoms. The maximum Gasteiger partial charge on any atom is 0.224 e. The van der Waals surface area contributed by atoms with E-state index in [1.807, 2.05) is 24.3 Å². The summed E-state index contributed by atoms with van der Waals surface area (Å²) in [5, 5.41) is 3.22. The number of nitrogens with one attached hydrogen (secondary N) is 1. The predicted octanol–water partition coefficient (Wildman–Crippen LogP) is 3.50. The van der Waals surface area contributed by atoms with Gasteiger partial charge in [-0.05, 0) is 42.3 Å². The Labute approximate surface area is 128 Å². The van der Waals surface area contributed by atoms with Gasteiger partial charge in [-0.25, -0.2) is 0 Å². The van der Waals surface area contributed by atoms with Crippen LogP contribution in [0.1, 0.15) is 12.0 Å². The number of hydrogen-bond acceptors (Lipinski definition) is 3. The molecule has 2 aromatic rings. The standard InChI is InChI=1S/C16H17ClN2O2/c1-21-13-6-2-11(3-7-13)4-9-16(20)19-15-8-5-12(18)10-14(15)17/h2-3,5-8,10H,4,9,18H2,1H3,(H,19,20). The zero-order valence-electron chi connectivity index (χ0n) is 11.7. The summed E-state index contributed by atoms with van der Waals surface area (Å²) in [6, 6.07) is 12.7. The molecule has 0 saturated carbocycles. The molecule has 3 N–H and O–H groups in total.